The Morgan fingerprint density at radius 3 is 2.54 bits per heavy atom. The van der Waals surface area contributed by atoms with Crippen LogP contribution in [0.4, 0.5) is 5.82 Å². The van der Waals surface area contributed by atoms with Crippen LogP contribution in [0.15, 0.2) is 36.4 Å². The van der Waals surface area contributed by atoms with E-state index in [9.17, 15) is 8.42 Å². The van der Waals surface area contributed by atoms with E-state index in [0.717, 1.165) is 5.82 Å². The van der Waals surface area contributed by atoms with Crippen molar-refractivity contribution < 1.29 is 13.2 Å². The van der Waals surface area contributed by atoms with Gasteiger partial charge in [-0.05, 0) is 30.2 Å². The molecule has 0 spiro atoms. The number of rotatable bonds is 6. The summed E-state index contributed by atoms with van der Waals surface area (Å²) in [6, 6.07) is 10.4. The van der Waals surface area contributed by atoms with Gasteiger partial charge in [0, 0.05) is 31.7 Å². The summed E-state index contributed by atoms with van der Waals surface area (Å²) in [4.78, 5) is 1.84. The summed E-state index contributed by atoms with van der Waals surface area (Å²) < 4.78 is 32.5. The SMILES string of the molecule is CN(C)c1ccc(OC2CCN(S(=O)(=O)Cc3ccc(Cl)cc3)C2)nn1. The topological polar surface area (TPSA) is 75.6 Å². The van der Waals surface area contributed by atoms with Gasteiger partial charge in [-0.3, -0.25) is 0 Å². The highest BCUT2D eigenvalue weighted by Gasteiger charge is 2.32. The number of hydrogen-bond acceptors (Lipinski definition) is 6. The minimum absolute atomic E-state index is 0.0474. The molecule has 2 aromatic rings. The molecule has 1 saturated heterocycles. The predicted octanol–water partition coefficient (Wildman–Crippen LogP) is 2.18. The fourth-order valence-electron chi connectivity index (χ4n) is 2.71. The van der Waals surface area contributed by atoms with Crippen molar-refractivity contribution in [3.8, 4) is 5.88 Å². The monoisotopic (exact) mass is 396 g/mol. The Labute approximate surface area is 158 Å². The molecule has 1 aliphatic rings. The smallest absolute Gasteiger partial charge is 0.233 e. The molecule has 2 heterocycles. The first-order valence-electron chi connectivity index (χ1n) is 8.23. The maximum Gasteiger partial charge on any atom is 0.233 e. The van der Waals surface area contributed by atoms with E-state index >= 15 is 0 Å². The molecule has 1 aromatic carbocycles. The molecule has 1 atom stereocenters. The number of ether oxygens (including phenoxy) is 1. The molecule has 0 amide bonds. The van der Waals surface area contributed by atoms with Crippen LogP contribution in [-0.4, -0.2) is 56.2 Å². The average Bonchev–Trinajstić information content (AvgIpc) is 3.07. The number of nitrogens with zero attached hydrogens (tertiary/aromatic N) is 4. The third-order valence-electron chi connectivity index (χ3n) is 4.14. The standard InChI is InChI=1S/C17H21ClN4O3S/c1-21(2)16-7-8-17(20-19-16)25-15-9-10-22(11-15)26(23,24)12-13-3-5-14(18)6-4-13/h3-8,15H,9-12H2,1-2H3. The Hall–Kier alpha value is -1.90. The maximum atomic E-state index is 12.6. The lowest BCUT2D eigenvalue weighted by Gasteiger charge is -2.17. The van der Waals surface area contributed by atoms with Crippen LogP contribution < -0.4 is 9.64 Å². The van der Waals surface area contributed by atoms with Gasteiger partial charge in [0.1, 0.15) is 6.10 Å². The van der Waals surface area contributed by atoms with E-state index in [1.807, 2.05) is 25.1 Å². The zero-order valence-corrected chi connectivity index (χ0v) is 16.2. The van der Waals surface area contributed by atoms with Gasteiger partial charge in [0.25, 0.3) is 0 Å². The molecular weight excluding hydrogens is 376 g/mol. The molecule has 1 aromatic heterocycles. The highest BCUT2D eigenvalue weighted by Crippen LogP contribution is 2.22. The Kier molecular flexibility index (Phi) is 5.64. The molecule has 1 aliphatic heterocycles. The van der Waals surface area contributed by atoms with Crippen molar-refractivity contribution in [2.45, 2.75) is 18.3 Å². The molecular formula is C17H21ClN4O3S. The second-order valence-corrected chi connectivity index (χ2v) is 8.80. The number of hydrogen-bond donors (Lipinski definition) is 0. The second kappa shape index (κ2) is 7.77. The number of benzene rings is 1. The lowest BCUT2D eigenvalue weighted by molar-refractivity contribution is 0.204. The largest absolute Gasteiger partial charge is 0.472 e. The van der Waals surface area contributed by atoms with Crippen molar-refractivity contribution >= 4 is 27.4 Å². The molecule has 0 saturated carbocycles. The van der Waals surface area contributed by atoms with Crippen molar-refractivity contribution in [2.24, 2.45) is 0 Å². The Morgan fingerprint density at radius 1 is 1.19 bits per heavy atom. The molecule has 140 valence electrons. The predicted molar refractivity (Wildman–Crippen MR) is 101 cm³/mol. The van der Waals surface area contributed by atoms with E-state index in [4.69, 9.17) is 16.3 Å². The Balaban J connectivity index is 1.59. The third kappa shape index (κ3) is 4.63. The van der Waals surface area contributed by atoms with E-state index in [1.54, 1.807) is 30.3 Å². The van der Waals surface area contributed by atoms with E-state index in [2.05, 4.69) is 10.2 Å². The fraction of sp³-hybridized carbons (Fsp3) is 0.412. The second-order valence-electron chi connectivity index (χ2n) is 6.39. The van der Waals surface area contributed by atoms with Crippen molar-refractivity contribution in [1.29, 1.82) is 0 Å². The van der Waals surface area contributed by atoms with Crippen LogP contribution in [0.25, 0.3) is 0 Å². The molecule has 0 bridgehead atoms. The molecule has 0 aliphatic carbocycles. The quantitative estimate of drug-likeness (QED) is 0.744. The normalized spacial score (nSPS) is 18.0. The summed E-state index contributed by atoms with van der Waals surface area (Å²) >= 11 is 5.84. The van der Waals surface area contributed by atoms with Gasteiger partial charge in [-0.2, -0.15) is 4.31 Å². The van der Waals surface area contributed by atoms with Gasteiger partial charge in [0.2, 0.25) is 15.9 Å². The molecule has 26 heavy (non-hydrogen) atoms. The van der Waals surface area contributed by atoms with E-state index < -0.39 is 10.0 Å². The van der Waals surface area contributed by atoms with Crippen LogP contribution in [0.3, 0.4) is 0 Å². The lowest BCUT2D eigenvalue weighted by Crippen LogP contribution is -2.32. The first-order valence-corrected chi connectivity index (χ1v) is 10.2. The first kappa shape index (κ1) is 18.9. The zero-order valence-electron chi connectivity index (χ0n) is 14.7. The van der Waals surface area contributed by atoms with Crippen molar-refractivity contribution in [3.63, 3.8) is 0 Å². The molecule has 7 nitrogen and oxygen atoms in total. The highest BCUT2D eigenvalue weighted by molar-refractivity contribution is 7.88. The van der Waals surface area contributed by atoms with Gasteiger partial charge in [-0.1, -0.05) is 23.7 Å². The Morgan fingerprint density at radius 2 is 1.92 bits per heavy atom. The highest BCUT2D eigenvalue weighted by atomic mass is 35.5. The van der Waals surface area contributed by atoms with Crippen molar-refractivity contribution in [2.75, 3.05) is 32.1 Å². The van der Waals surface area contributed by atoms with Gasteiger partial charge < -0.3 is 9.64 Å². The molecule has 0 radical (unpaired) electrons. The van der Waals surface area contributed by atoms with Crippen LogP contribution in [0.2, 0.25) is 5.02 Å². The summed E-state index contributed by atoms with van der Waals surface area (Å²) in [5.74, 6) is 1.09. The summed E-state index contributed by atoms with van der Waals surface area (Å²) in [6.45, 7) is 0.747. The van der Waals surface area contributed by atoms with Crippen LogP contribution >= 0.6 is 11.6 Å². The number of aromatic nitrogens is 2. The molecule has 1 unspecified atom stereocenters. The van der Waals surface area contributed by atoms with E-state index in [1.165, 1.54) is 4.31 Å². The Bertz CT molecular complexity index is 841. The van der Waals surface area contributed by atoms with Crippen LogP contribution in [0.5, 0.6) is 5.88 Å². The van der Waals surface area contributed by atoms with Gasteiger partial charge in [-0.15, -0.1) is 10.2 Å². The minimum Gasteiger partial charge on any atom is -0.472 e. The van der Waals surface area contributed by atoms with Crippen LogP contribution in [-0.2, 0) is 15.8 Å². The summed E-state index contributed by atoms with van der Waals surface area (Å²) in [5, 5.41) is 8.68. The summed E-state index contributed by atoms with van der Waals surface area (Å²) in [6.07, 6.45) is 0.395. The van der Waals surface area contributed by atoms with Gasteiger partial charge in [-0.25, -0.2) is 8.42 Å². The van der Waals surface area contributed by atoms with Crippen molar-refractivity contribution in [3.05, 3.63) is 47.0 Å². The number of sulfonamides is 1. The third-order valence-corrected chi connectivity index (χ3v) is 6.20. The maximum absolute atomic E-state index is 12.6. The number of anilines is 1. The van der Waals surface area contributed by atoms with E-state index in [-0.39, 0.29) is 11.9 Å². The van der Waals surface area contributed by atoms with Gasteiger partial charge in [0.15, 0.2) is 5.82 Å². The minimum atomic E-state index is -3.40. The lowest BCUT2D eigenvalue weighted by atomic mass is 10.2. The summed E-state index contributed by atoms with van der Waals surface area (Å²) in [7, 11) is 0.358. The van der Waals surface area contributed by atoms with Gasteiger partial charge in [0.05, 0.1) is 12.3 Å². The van der Waals surface area contributed by atoms with Gasteiger partial charge >= 0.3 is 0 Å². The van der Waals surface area contributed by atoms with Crippen molar-refractivity contribution in [1.82, 2.24) is 14.5 Å². The van der Waals surface area contributed by atoms with Crippen LogP contribution in [0.1, 0.15) is 12.0 Å². The molecule has 9 heteroatoms. The molecule has 1 fully saturated rings. The number of halogens is 1. The molecule has 3 rings (SSSR count). The average molecular weight is 397 g/mol. The van der Waals surface area contributed by atoms with Crippen LogP contribution in [0, 0.1) is 0 Å². The zero-order chi connectivity index (χ0) is 18.7. The molecule has 0 N–H and O–H groups in total. The summed E-state index contributed by atoms with van der Waals surface area (Å²) in [5.41, 5.74) is 0.712. The van der Waals surface area contributed by atoms with E-state index in [0.29, 0.717) is 36.0 Å². The fourth-order valence-corrected chi connectivity index (χ4v) is 4.41. The first-order chi connectivity index (χ1) is 12.3.